The van der Waals surface area contributed by atoms with Gasteiger partial charge in [-0.1, -0.05) is 13.8 Å². The normalized spacial score (nSPS) is 23.9. The molecule has 0 aromatic carbocycles. The van der Waals surface area contributed by atoms with E-state index >= 15 is 0 Å². The molecule has 22 heavy (non-hydrogen) atoms. The Balaban J connectivity index is 2.17. The predicted octanol–water partition coefficient (Wildman–Crippen LogP) is 3.04. The number of nitriles is 1. The van der Waals surface area contributed by atoms with Crippen molar-refractivity contribution in [3.05, 3.63) is 46.4 Å². The fourth-order valence-electron chi connectivity index (χ4n) is 3.18. The third-order valence-electron chi connectivity index (χ3n) is 4.12. The zero-order valence-electron chi connectivity index (χ0n) is 12.9. The van der Waals surface area contributed by atoms with Crippen molar-refractivity contribution >= 4 is 5.78 Å². The van der Waals surface area contributed by atoms with Gasteiger partial charge in [-0.3, -0.25) is 4.79 Å². The van der Waals surface area contributed by atoms with Crippen LogP contribution in [0.1, 0.15) is 44.1 Å². The summed E-state index contributed by atoms with van der Waals surface area (Å²) in [6.07, 6.45) is 1.04. The number of nitrogens with zero attached hydrogens (tertiary/aromatic N) is 1. The maximum atomic E-state index is 12.7. The van der Waals surface area contributed by atoms with Crippen molar-refractivity contribution in [3.63, 3.8) is 0 Å². The standard InChI is InChI=1S/C17H18N2O3/c1-9-4-5-12(21-9)14-10(8-18)16(19)22-13-7-17(2,3)6-11(20)15(13)14/h4-5,14H,6-7,19H2,1-3H3/t14-/m0/s1. The molecule has 114 valence electrons. The number of carbonyl (C=O) groups is 1. The third-order valence-corrected chi connectivity index (χ3v) is 4.12. The minimum atomic E-state index is -0.564. The number of Topliss-reactive ketones (excluding diaryl/α,β-unsaturated/α-hetero) is 1. The Morgan fingerprint density at radius 1 is 1.36 bits per heavy atom. The molecule has 1 aromatic heterocycles. The van der Waals surface area contributed by atoms with Crippen LogP contribution in [0.3, 0.4) is 0 Å². The van der Waals surface area contributed by atoms with Crippen LogP contribution in [0.5, 0.6) is 0 Å². The SMILES string of the molecule is Cc1ccc([C@@H]2C(C#N)=C(N)OC3=C2C(=O)CC(C)(C)C3)o1. The molecular weight excluding hydrogens is 280 g/mol. The highest BCUT2D eigenvalue weighted by atomic mass is 16.5. The van der Waals surface area contributed by atoms with Gasteiger partial charge in [-0.15, -0.1) is 0 Å². The first-order valence-electron chi connectivity index (χ1n) is 7.22. The Bertz CT molecular complexity index is 759. The summed E-state index contributed by atoms with van der Waals surface area (Å²) in [5.41, 5.74) is 6.49. The molecule has 2 aliphatic rings. The molecule has 1 atom stereocenters. The van der Waals surface area contributed by atoms with Crippen LogP contribution >= 0.6 is 0 Å². The summed E-state index contributed by atoms with van der Waals surface area (Å²) in [5, 5.41) is 9.44. The van der Waals surface area contributed by atoms with Crippen LogP contribution in [0.4, 0.5) is 0 Å². The fraction of sp³-hybridized carbons (Fsp3) is 0.412. The number of hydrogen-bond donors (Lipinski definition) is 1. The van der Waals surface area contributed by atoms with E-state index in [0.717, 1.165) is 5.76 Å². The summed E-state index contributed by atoms with van der Waals surface area (Å²) < 4.78 is 11.3. The monoisotopic (exact) mass is 298 g/mol. The van der Waals surface area contributed by atoms with Gasteiger partial charge >= 0.3 is 0 Å². The van der Waals surface area contributed by atoms with Gasteiger partial charge in [0.15, 0.2) is 5.78 Å². The van der Waals surface area contributed by atoms with E-state index in [1.54, 1.807) is 6.07 Å². The lowest BCUT2D eigenvalue weighted by atomic mass is 9.71. The lowest BCUT2D eigenvalue weighted by Gasteiger charge is -2.36. The number of rotatable bonds is 1. The number of ether oxygens (including phenoxy) is 1. The maximum absolute atomic E-state index is 12.7. The number of ketones is 1. The number of hydrogen-bond acceptors (Lipinski definition) is 5. The van der Waals surface area contributed by atoms with Gasteiger partial charge < -0.3 is 14.9 Å². The van der Waals surface area contributed by atoms with Crippen LogP contribution in [-0.2, 0) is 9.53 Å². The molecule has 0 unspecified atom stereocenters. The summed E-state index contributed by atoms with van der Waals surface area (Å²) in [6, 6.07) is 5.67. The highest BCUT2D eigenvalue weighted by Gasteiger charge is 2.43. The summed E-state index contributed by atoms with van der Waals surface area (Å²) >= 11 is 0. The van der Waals surface area contributed by atoms with Crippen LogP contribution in [0.2, 0.25) is 0 Å². The molecule has 2 heterocycles. The molecule has 0 radical (unpaired) electrons. The van der Waals surface area contributed by atoms with Gasteiger partial charge in [-0.25, -0.2) is 0 Å². The van der Waals surface area contributed by atoms with Crippen LogP contribution < -0.4 is 5.73 Å². The predicted molar refractivity (Wildman–Crippen MR) is 79.1 cm³/mol. The molecule has 1 aromatic rings. The molecular formula is C17H18N2O3. The third kappa shape index (κ3) is 2.21. The number of nitrogens with two attached hydrogens (primary N) is 1. The smallest absolute Gasteiger partial charge is 0.205 e. The van der Waals surface area contributed by atoms with Gasteiger partial charge in [0.05, 0.1) is 5.92 Å². The molecule has 1 aliphatic carbocycles. The van der Waals surface area contributed by atoms with Crippen LogP contribution in [-0.4, -0.2) is 5.78 Å². The molecule has 0 amide bonds. The Kier molecular flexibility index (Phi) is 3.13. The van der Waals surface area contributed by atoms with Gasteiger partial charge in [0.1, 0.15) is 28.9 Å². The zero-order chi connectivity index (χ0) is 16.1. The van der Waals surface area contributed by atoms with E-state index in [-0.39, 0.29) is 22.7 Å². The van der Waals surface area contributed by atoms with Gasteiger partial charge in [-0.2, -0.15) is 5.26 Å². The molecule has 0 bridgehead atoms. The fourth-order valence-corrected chi connectivity index (χ4v) is 3.18. The van der Waals surface area contributed by atoms with E-state index in [4.69, 9.17) is 14.9 Å². The first-order chi connectivity index (χ1) is 10.3. The summed E-state index contributed by atoms with van der Waals surface area (Å²) in [5.74, 6) is 1.34. The number of carbonyl (C=O) groups excluding carboxylic acids is 1. The Morgan fingerprint density at radius 3 is 2.68 bits per heavy atom. The maximum Gasteiger partial charge on any atom is 0.205 e. The zero-order valence-corrected chi connectivity index (χ0v) is 12.9. The molecule has 1 aliphatic heterocycles. The number of allylic oxidation sites excluding steroid dienone is 3. The minimum Gasteiger partial charge on any atom is -0.465 e. The highest BCUT2D eigenvalue weighted by molar-refractivity contribution is 5.99. The molecule has 3 rings (SSSR count). The molecule has 0 saturated heterocycles. The second-order valence-corrected chi connectivity index (χ2v) is 6.65. The van der Waals surface area contributed by atoms with Gasteiger partial charge in [0, 0.05) is 18.4 Å². The van der Waals surface area contributed by atoms with Crippen molar-refractivity contribution in [2.24, 2.45) is 11.1 Å². The lowest BCUT2D eigenvalue weighted by Crippen LogP contribution is -2.33. The first kappa shape index (κ1) is 14.5. The van der Waals surface area contributed by atoms with E-state index in [2.05, 4.69) is 6.07 Å². The first-order valence-corrected chi connectivity index (χ1v) is 7.22. The summed E-state index contributed by atoms with van der Waals surface area (Å²) in [6.45, 7) is 5.86. The highest BCUT2D eigenvalue weighted by Crippen LogP contribution is 2.47. The summed E-state index contributed by atoms with van der Waals surface area (Å²) in [7, 11) is 0. The van der Waals surface area contributed by atoms with Crippen molar-refractivity contribution in [3.8, 4) is 6.07 Å². The van der Waals surface area contributed by atoms with Crippen molar-refractivity contribution in [1.29, 1.82) is 5.26 Å². The Morgan fingerprint density at radius 2 is 2.09 bits per heavy atom. The number of aryl methyl sites for hydroxylation is 1. The molecule has 0 fully saturated rings. The van der Waals surface area contributed by atoms with E-state index in [9.17, 15) is 10.1 Å². The van der Waals surface area contributed by atoms with E-state index in [1.807, 2.05) is 26.8 Å². The average molecular weight is 298 g/mol. The second-order valence-electron chi connectivity index (χ2n) is 6.65. The van der Waals surface area contributed by atoms with Crippen LogP contribution in [0.25, 0.3) is 0 Å². The van der Waals surface area contributed by atoms with Crippen molar-refractivity contribution < 1.29 is 13.9 Å². The Hall–Kier alpha value is -2.48. The van der Waals surface area contributed by atoms with Crippen LogP contribution in [0, 0.1) is 23.7 Å². The second kappa shape index (κ2) is 4.77. The van der Waals surface area contributed by atoms with Gasteiger partial charge in [0.25, 0.3) is 0 Å². The van der Waals surface area contributed by atoms with Gasteiger partial charge in [0.2, 0.25) is 5.88 Å². The van der Waals surface area contributed by atoms with Crippen molar-refractivity contribution in [2.45, 2.75) is 39.5 Å². The number of furan rings is 1. The molecule has 5 heteroatoms. The van der Waals surface area contributed by atoms with Crippen LogP contribution in [0.15, 0.2) is 39.3 Å². The largest absolute Gasteiger partial charge is 0.465 e. The van der Waals surface area contributed by atoms with E-state index in [0.29, 0.717) is 29.9 Å². The van der Waals surface area contributed by atoms with Crippen molar-refractivity contribution in [1.82, 2.24) is 0 Å². The lowest BCUT2D eigenvalue weighted by molar-refractivity contribution is -0.119. The van der Waals surface area contributed by atoms with Crippen molar-refractivity contribution in [2.75, 3.05) is 0 Å². The molecule has 5 nitrogen and oxygen atoms in total. The topological polar surface area (TPSA) is 89.3 Å². The molecule has 0 spiro atoms. The Labute approximate surface area is 129 Å². The quantitative estimate of drug-likeness (QED) is 0.860. The molecule has 2 N–H and O–H groups in total. The van der Waals surface area contributed by atoms with E-state index in [1.165, 1.54) is 0 Å². The minimum absolute atomic E-state index is 0.00875. The average Bonchev–Trinajstić information content (AvgIpc) is 2.82. The van der Waals surface area contributed by atoms with E-state index < -0.39 is 5.92 Å². The van der Waals surface area contributed by atoms with Gasteiger partial charge in [-0.05, 0) is 24.5 Å². The summed E-state index contributed by atoms with van der Waals surface area (Å²) in [4.78, 5) is 12.7. The molecule has 0 saturated carbocycles.